The van der Waals surface area contributed by atoms with Crippen LogP contribution in [0.15, 0.2) is 30.3 Å². The first-order valence-corrected chi connectivity index (χ1v) is 10.3. The first-order valence-electron chi connectivity index (χ1n) is 10.3. The Morgan fingerprint density at radius 3 is 2.07 bits per heavy atom. The molecule has 28 heavy (non-hydrogen) atoms. The molecule has 1 aromatic rings. The summed E-state index contributed by atoms with van der Waals surface area (Å²) in [6, 6.07) is 9.16. The van der Waals surface area contributed by atoms with Crippen molar-refractivity contribution < 1.29 is 14.7 Å². The van der Waals surface area contributed by atoms with Crippen LogP contribution < -0.4 is 5.32 Å². The highest BCUT2D eigenvalue weighted by molar-refractivity contribution is 5.93. The number of likely N-dealkylation sites (tertiary alicyclic amines) is 1. The highest BCUT2D eigenvalue weighted by atomic mass is 16.4. The molecule has 154 valence electrons. The highest BCUT2D eigenvalue weighted by Gasteiger charge is 2.26. The Morgan fingerprint density at radius 1 is 0.893 bits per heavy atom. The maximum Gasteiger partial charge on any atom is 0.308 e. The van der Waals surface area contributed by atoms with Crippen LogP contribution in [0.5, 0.6) is 0 Å². The van der Waals surface area contributed by atoms with E-state index >= 15 is 0 Å². The van der Waals surface area contributed by atoms with E-state index in [9.17, 15) is 14.7 Å². The number of nitrogens with one attached hydrogen (secondary N) is 1. The molecule has 7 nitrogen and oxygen atoms in total. The third-order valence-corrected chi connectivity index (χ3v) is 5.71. The molecule has 2 saturated heterocycles. The summed E-state index contributed by atoms with van der Waals surface area (Å²) in [5.74, 6) is -1.83. The second-order valence-electron chi connectivity index (χ2n) is 7.84. The first-order chi connectivity index (χ1) is 13.6. The lowest BCUT2D eigenvalue weighted by molar-refractivity contribution is -0.144. The van der Waals surface area contributed by atoms with Gasteiger partial charge in [-0.15, -0.1) is 0 Å². The SMILES string of the molecule is O=C(CC(CN1CCN(CCN2CCCC2)CC1)C(=O)O)Nc1ccccc1. The Labute approximate surface area is 167 Å². The smallest absolute Gasteiger partial charge is 0.308 e. The van der Waals surface area contributed by atoms with Crippen LogP contribution in [0.2, 0.25) is 0 Å². The van der Waals surface area contributed by atoms with E-state index in [4.69, 9.17) is 0 Å². The van der Waals surface area contributed by atoms with Crippen LogP contribution in [-0.4, -0.2) is 90.6 Å². The molecule has 0 saturated carbocycles. The van der Waals surface area contributed by atoms with Gasteiger partial charge in [0.05, 0.1) is 5.92 Å². The number of amides is 1. The van der Waals surface area contributed by atoms with Gasteiger partial charge in [-0.1, -0.05) is 18.2 Å². The lowest BCUT2D eigenvalue weighted by Gasteiger charge is -2.36. The van der Waals surface area contributed by atoms with Crippen LogP contribution >= 0.6 is 0 Å². The van der Waals surface area contributed by atoms with Crippen molar-refractivity contribution in [1.82, 2.24) is 14.7 Å². The fraction of sp³-hybridized carbons (Fsp3) is 0.619. The molecule has 0 radical (unpaired) electrons. The summed E-state index contributed by atoms with van der Waals surface area (Å²) in [6.07, 6.45) is 2.64. The average molecular weight is 389 g/mol. The van der Waals surface area contributed by atoms with E-state index in [1.54, 1.807) is 12.1 Å². The molecule has 2 aliphatic rings. The van der Waals surface area contributed by atoms with Crippen LogP contribution in [0.4, 0.5) is 5.69 Å². The van der Waals surface area contributed by atoms with Gasteiger partial charge < -0.3 is 15.3 Å². The zero-order valence-corrected chi connectivity index (χ0v) is 16.6. The van der Waals surface area contributed by atoms with Crippen molar-refractivity contribution in [2.24, 2.45) is 5.92 Å². The highest BCUT2D eigenvalue weighted by Crippen LogP contribution is 2.13. The minimum Gasteiger partial charge on any atom is -0.481 e. The molecular weight excluding hydrogens is 356 g/mol. The molecule has 2 N–H and O–H groups in total. The second kappa shape index (κ2) is 10.5. The molecule has 0 aromatic heterocycles. The largest absolute Gasteiger partial charge is 0.481 e. The maximum atomic E-state index is 12.2. The number of rotatable bonds is 9. The van der Waals surface area contributed by atoms with Gasteiger partial charge >= 0.3 is 5.97 Å². The van der Waals surface area contributed by atoms with Crippen LogP contribution in [0.25, 0.3) is 0 Å². The van der Waals surface area contributed by atoms with Crippen molar-refractivity contribution in [3.8, 4) is 0 Å². The first kappa shape index (κ1) is 20.8. The number of nitrogens with zero attached hydrogens (tertiary/aromatic N) is 3. The van der Waals surface area contributed by atoms with Crippen molar-refractivity contribution in [3.63, 3.8) is 0 Å². The Hall–Kier alpha value is -1.96. The lowest BCUT2D eigenvalue weighted by Crippen LogP contribution is -2.50. The van der Waals surface area contributed by atoms with Crippen molar-refractivity contribution in [2.75, 3.05) is 64.2 Å². The number of hydrogen-bond acceptors (Lipinski definition) is 5. The number of hydrogen-bond donors (Lipinski definition) is 2. The molecule has 1 amide bonds. The lowest BCUT2D eigenvalue weighted by atomic mass is 10.0. The normalized spacial score (nSPS) is 20.1. The predicted molar refractivity (Wildman–Crippen MR) is 109 cm³/mol. The number of carbonyl (C=O) groups excluding carboxylic acids is 1. The number of para-hydroxylation sites is 1. The Balaban J connectivity index is 1.39. The van der Waals surface area contributed by atoms with Gasteiger partial charge in [-0.2, -0.15) is 0 Å². The van der Waals surface area contributed by atoms with Gasteiger partial charge in [0.1, 0.15) is 0 Å². The molecule has 7 heteroatoms. The average Bonchev–Trinajstić information content (AvgIpc) is 3.21. The van der Waals surface area contributed by atoms with E-state index < -0.39 is 11.9 Å². The van der Waals surface area contributed by atoms with Gasteiger partial charge in [0.25, 0.3) is 0 Å². The summed E-state index contributed by atoms with van der Waals surface area (Å²) in [5.41, 5.74) is 0.697. The molecule has 1 aromatic carbocycles. The van der Waals surface area contributed by atoms with E-state index in [0.29, 0.717) is 12.2 Å². The summed E-state index contributed by atoms with van der Waals surface area (Å²) >= 11 is 0. The molecule has 0 spiro atoms. The molecule has 2 fully saturated rings. The molecule has 2 aliphatic heterocycles. The molecule has 0 aliphatic carbocycles. The van der Waals surface area contributed by atoms with Gasteiger partial charge in [-0.3, -0.25) is 19.4 Å². The third-order valence-electron chi connectivity index (χ3n) is 5.71. The van der Waals surface area contributed by atoms with Gasteiger partial charge in [-0.25, -0.2) is 0 Å². The summed E-state index contributed by atoms with van der Waals surface area (Å²) in [7, 11) is 0. The van der Waals surface area contributed by atoms with Gasteiger partial charge in [0.2, 0.25) is 5.91 Å². The van der Waals surface area contributed by atoms with E-state index in [-0.39, 0.29) is 12.3 Å². The van der Waals surface area contributed by atoms with Crippen LogP contribution in [-0.2, 0) is 9.59 Å². The van der Waals surface area contributed by atoms with E-state index in [2.05, 4.69) is 20.0 Å². The third kappa shape index (κ3) is 6.58. The standard InChI is InChI=1S/C21H32N4O3/c26-20(22-19-6-2-1-3-7-19)16-18(21(27)28)17-25-14-12-24(13-15-25)11-10-23-8-4-5-9-23/h1-3,6-7,18H,4-5,8-17H2,(H,22,26)(H,27,28). The summed E-state index contributed by atoms with van der Waals surface area (Å²) in [5, 5.41) is 12.3. The van der Waals surface area contributed by atoms with Crippen LogP contribution in [0.3, 0.4) is 0 Å². The van der Waals surface area contributed by atoms with Crippen molar-refractivity contribution in [2.45, 2.75) is 19.3 Å². The van der Waals surface area contributed by atoms with Gasteiger partial charge in [0.15, 0.2) is 0 Å². The topological polar surface area (TPSA) is 76.1 Å². The zero-order chi connectivity index (χ0) is 19.8. The Morgan fingerprint density at radius 2 is 1.46 bits per heavy atom. The fourth-order valence-electron chi connectivity index (χ4n) is 3.98. The minimum absolute atomic E-state index is 0.000593. The summed E-state index contributed by atoms with van der Waals surface area (Å²) in [6.45, 7) is 8.78. The number of piperazine rings is 1. The van der Waals surface area contributed by atoms with Crippen molar-refractivity contribution in [1.29, 1.82) is 0 Å². The predicted octanol–water partition coefficient (Wildman–Crippen LogP) is 1.43. The molecule has 1 atom stereocenters. The van der Waals surface area contributed by atoms with Gasteiger partial charge in [0, 0.05) is 57.9 Å². The molecule has 3 rings (SSSR count). The zero-order valence-electron chi connectivity index (χ0n) is 16.6. The van der Waals surface area contributed by atoms with Gasteiger partial charge in [-0.05, 0) is 38.1 Å². The quantitative estimate of drug-likeness (QED) is 0.667. The number of benzene rings is 1. The van der Waals surface area contributed by atoms with E-state index in [1.165, 1.54) is 25.9 Å². The summed E-state index contributed by atoms with van der Waals surface area (Å²) < 4.78 is 0. The monoisotopic (exact) mass is 388 g/mol. The fourth-order valence-corrected chi connectivity index (χ4v) is 3.98. The molecule has 0 bridgehead atoms. The van der Waals surface area contributed by atoms with Crippen LogP contribution in [0, 0.1) is 5.92 Å². The van der Waals surface area contributed by atoms with E-state index in [0.717, 1.165) is 39.3 Å². The van der Waals surface area contributed by atoms with Crippen molar-refractivity contribution in [3.05, 3.63) is 30.3 Å². The number of aliphatic carboxylic acids is 1. The molecule has 1 unspecified atom stereocenters. The Bertz CT molecular complexity index is 626. The number of carbonyl (C=O) groups is 2. The second-order valence-corrected chi connectivity index (χ2v) is 7.84. The maximum absolute atomic E-state index is 12.2. The summed E-state index contributed by atoms with van der Waals surface area (Å²) in [4.78, 5) is 31.1. The minimum atomic E-state index is -0.903. The Kier molecular flexibility index (Phi) is 7.82. The van der Waals surface area contributed by atoms with E-state index in [1.807, 2.05) is 18.2 Å². The molecule has 2 heterocycles. The number of carboxylic acid groups (broad SMARTS) is 1. The molecular formula is C21H32N4O3. The van der Waals surface area contributed by atoms with Crippen molar-refractivity contribution >= 4 is 17.6 Å². The number of anilines is 1. The number of carboxylic acids is 1. The van der Waals surface area contributed by atoms with Crippen LogP contribution in [0.1, 0.15) is 19.3 Å².